The molecule has 0 radical (unpaired) electrons. The summed E-state index contributed by atoms with van der Waals surface area (Å²) in [6, 6.07) is 7.67. The molecule has 0 spiro atoms. The maximum Gasteiger partial charge on any atom is 0.262 e. The smallest absolute Gasteiger partial charge is 0.262 e. The Morgan fingerprint density at radius 3 is 2.68 bits per heavy atom. The van der Waals surface area contributed by atoms with Crippen LogP contribution in [0.25, 0.3) is 10.1 Å². The standard InChI is InChI=1S/C16H17ClN2O2S/c17-14-11-5-1-2-6-12(11)22-15(14)16(21)18-8-7-13(20)19-9-3-4-10-19/h1-2,5-6H,3-4,7-10H2,(H,18,21). The lowest BCUT2D eigenvalue weighted by Gasteiger charge is -2.15. The van der Waals surface area contributed by atoms with Crippen molar-refractivity contribution in [1.82, 2.24) is 10.2 Å². The fourth-order valence-corrected chi connectivity index (χ4v) is 4.08. The SMILES string of the molecule is O=C(NCCC(=O)N1CCCC1)c1sc2ccccc2c1Cl. The monoisotopic (exact) mass is 336 g/mol. The van der Waals surface area contributed by atoms with E-state index in [2.05, 4.69) is 5.32 Å². The summed E-state index contributed by atoms with van der Waals surface area (Å²) < 4.78 is 0.991. The number of benzene rings is 1. The van der Waals surface area contributed by atoms with Crippen molar-refractivity contribution in [3.05, 3.63) is 34.2 Å². The van der Waals surface area contributed by atoms with Gasteiger partial charge in [0.05, 0.1) is 5.02 Å². The first kappa shape index (κ1) is 15.3. The Labute approximate surface area is 138 Å². The summed E-state index contributed by atoms with van der Waals surface area (Å²) >= 11 is 7.65. The van der Waals surface area contributed by atoms with Crippen LogP contribution in [0, 0.1) is 0 Å². The van der Waals surface area contributed by atoms with Gasteiger partial charge in [-0.3, -0.25) is 9.59 Å². The van der Waals surface area contributed by atoms with E-state index >= 15 is 0 Å². The third kappa shape index (κ3) is 3.10. The quantitative estimate of drug-likeness (QED) is 0.931. The van der Waals surface area contributed by atoms with Crippen LogP contribution in [0.15, 0.2) is 24.3 Å². The summed E-state index contributed by atoms with van der Waals surface area (Å²) in [5.41, 5.74) is 0. The minimum Gasteiger partial charge on any atom is -0.351 e. The number of likely N-dealkylation sites (tertiary alicyclic amines) is 1. The summed E-state index contributed by atoms with van der Waals surface area (Å²) in [4.78, 5) is 26.5. The van der Waals surface area contributed by atoms with Crippen molar-refractivity contribution in [2.24, 2.45) is 0 Å². The number of carbonyl (C=O) groups excluding carboxylic acids is 2. The first-order chi connectivity index (χ1) is 10.7. The molecule has 6 heteroatoms. The van der Waals surface area contributed by atoms with Gasteiger partial charge in [-0.05, 0) is 18.9 Å². The Morgan fingerprint density at radius 2 is 1.95 bits per heavy atom. The third-order valence-corrected chi connectivity index (χ3v) is 5.50. The van der Waals surface area contributed by atoms with Crippen molar-refractivity contribution in [1.29, 1.82) is 0 Å². The van der Waals surface area contributed by atoms with Crippen LogP contribution in [0.2, 0.25) is 5.02 Å². The van der Waals surface area contributed by atoms with Crippen LogP contribution in [-0.4, -0.2) is 36.3 Å². The summed E-state index contributed by atoms with van der Waals surface area (Å²) in [5.74, 6) is -0.0966. The number of halogens is 1. The van der Waals surface area contributed by atoms with Gasteiger partial charge in [-0.1, -0.05) is 29.8 Å². The van der Waals surface area contributed by atoms with E-state index in [4.69, 9.17) is 11.6 Å². The zero-order chi connectivity index (χ0) is 15.5. The molecule has 2 aromatic rings. The van der Waals surface area contributed by atoms with E-state index in [1.54, 1.807) is 0 Å². The van der Waals surface area contributed by atoms with E-state index in [1.807, 2.05) is 29.2 Å². The number of thiophene rings is 1. The van der Waals surface area contributed by atoms with E-state index in [1.165, 1.54) is 11.3 Å². The van der Waals surface area contributed by atoms with E-state index in [0.717, 1.165) is 36.0 Å². The van der Waals surface area contributed by atoms with Crippen LogP contribution in [0.3, 0.4) is 0 Å². The lowest BCUT2D eigenvalue weighted by molar-refractivity contribution is -0.129. The number of hydrogen-bond donors (Lipinski definition) is 1. The first-order valence-electron chi connectivity index (χ1n) is 7.40. The molecular formula is C16H17ClN2O2S. The number of hydrogen-bond acceptors (Lipinski definition) is 3. The van der Waals surface area contributed by atoms with Crippen LogP contribution >= 0.6 is 22.9 Å². The van der Waals surface area contributed by atoms with E-state index in [0.29, 0.717) is 22.9 Å². The average molecular weight is 337 g/mol. The number of nitrogens with one attached hydrogen (secondary N) is 1. The molecule has 22 heavy (non-hydrogen) atoms. The number of carbonyl (C=O) groups is 2. The zero-order valence-corrected chi connectivity index (χ0v) is 13.7. The Morgan fingerprint density at radius 1 is 1.23 bits per heavy atom. The normalized spacial score (nSPS) is 14.5. The maximum atomic E-state index is 12.2. The van der Waals surface area contributed by atoms with E-state index in [9.17, 15) is 9.59 Å². The van der Waals surface area contributed by atoms with Crippen LogP contribution in [0.1, 0.15) is 28.9 Å². The number of fused-ring (bicyclic) bond motifs is 1. The summed E-state index contributed by atoms with van der Waals surface area (Å²) in [6.07, 6.45) is 2.50. The number of nitrogens with zero attached hydrogens (tertiary/aromatic N) is 1. The largest absolute Gasteiger partial charge is 0.351 e. The van der Waals surface area contributed by atoms with Crippen LogP contribution in [-0.2, 0) is 4.79 Å². The van der Waals surface area contributed by atoms with Crippen molar-refractivity contribution >= 4 is 44.8 Å². The van der Waals surface area contributed by atoms with Crippen molar-refractivity contribution in [2.75, 3.05) is 19.6 Å². The molecule has 0 bridgehead atoms. The second kappa shape index (κ2) is 6.67. The second-order valence-electron chi connectivity index (χ2n) is 5.34. The van der Waals surface area contributed by atoms with Crippen LogP contribution < -0.4 is 5.32 Å². The van der Waals surface area contributed by atoms with Gasteiger partial charge in [0, 0.05) is 36.1 Å². The highest BCUT2D eigenvalue weighted by atomic mass is 35.5. The Hall–Kier alpha value is -1.59. The molecule has 3 rings (SSSR count). The van der Waals surface area contributed by atoms with Gasteiger partial charge in [0.25, 0.3) is 5.91 Å². The highest BCUT2D eigenvalue weighted by Gasteiger charge is 2.19. The topological polar surface area (TPSA) is 49.4 Å². The van der Waals surface area contributed by atoms with Gasteiger partial charge in [-0.15, -0.1) is 11.3 Å². The second-order valence-corrected chi connectivity index (χ2v) is 6.77. The Balaban J connectivity index is 1.59. The van der Waals surface area contributed by atoms with Gasteiger partial charge in [0.1, 0.15) is 4.88 Å². The van der Waals surface area contributed by atoms with Crippen LogP contribution in [0.5, 0.6) is 0 Å². The molecule has 1 aromatic heterocycles. The number of amides is 2. The molecule has 0 unspecified atom stereocenters. The Bertz CT molecular complexity index is 707. The minimum absolute atomic E-state index is 0.111. The summed E-state index contributed by atoms with van der Waals surface area (Å²) in [5, 5.41) is 4.18. The molecule has 1 N–H and O–H groups in total. The van der Waals surface area contributed by atoms with Gasteiger partial charge in [0.15, 0.2) is 0 Å². The predicted octanol–water partition coefficient (Wildman–Crippen LogP) is 3.30. The average Bonchev–Trinajstić information content (AvgIpc) is 3.16. The Kier molecular flexibility index (Phi) is 4.64. The highest BCUT2D eigenvalue weighted by Crippen LogP contribution is 2.34. The lowest BCUT2D eigenvalue weighted by atomic mass is 10.2. The van der Waals surface area contributed by atoms with Crippen molar-refractivity contribution in [3.8, 4) is 0 Å². The molecule has 1 aliphatic heterocycles. The molecule has 1 saturated heterocycles. The van der Waals surface area contributed by atoms with Crippen molar-refractivity contribution < 1.29 is 9.59 Å². The van der Waals surface area contributed by atoms with E-state index < -0.39 is 0 Å². The molecule has 1 aromatic carbocycles. The minimum atomic E-state index is -0.208. The summed E-state index contributed by atoms with van der Waals surface area (Å²) in [6.45, 7) is 2.03. The first-order valence-corrected chi connectivity index (χ1v) is 8.59. The van der Waals surface area contributed by atoms with Gasteiger partial charge in [0.2, 0.25) is 5.91 Å². The van der Waals surface area contributed by atoms with Crippen molar-refractivity contribution in [3.63, 3.8) is 0 Å². The lowest BCUT2D eigenvalue weighted by Crippen LogP contribution is -2.32. The number of rotatable bonds is 4. The van der Waals surface area contributed by atoms with E-state index in [-0.39, 0.29) is 11.8 Å². The van der Waals surface area contributed by atoms with Gasteiger partial charge < -0.3 is 10.2 Å². The fraction of sp³-hybridized carbons (Fsp3) is 0.375. The molecule has 0 saturated carbocycles. The van der Waals surface area contributed by atoms with Crippen LogP contribution in [0.4, 0.5) is 0 Å². The summed E-state index contributed by atoms with van der Waals surface area (Å²) in [7, 11) is 0. The third-order valence-electron chi connectivity index (χ3n) is 3.82. The molecule has 0 atom stereocenters. The molecule has 1 aliphatic rings. The molecule has 2 amide bonds. The van der Waals surface area contributed by atoms with Gasteiger partial charge in [-0.25, -0.2) is 0 Å². The highest BCUT2D eigenvalue weighted by molar-refractivity contribution is 7.21. The molecule has 1 fully saturated rings. The molecule has 0 aliphatic carbocycles. The predicted molar refractivity (Wildman–Crippen MR) is 89.6 cm³/mol. The van der Waals surface area contributed by atoms with Gasteiger partial charge in [-0.2, -0.15) is 0 Å². The molecule has 4 nitrogen and oxygen atoms in total. The zero-order valence-electron chi connectivity index (χ0n) is 12.1. The fourth-order valence-electron chi connectivity index (χ4n) is 2.65. The van der Waals surface area contributed by atoms with Crippen molar-refractivity contribution in [2.45, 2.75) is 19.3 Å². The van der Waals surface area contributed by atoms with Gasteiger partial charge >= 0.3 is 0 Å². The molecule has 2 heterocycles. The maximum absolute atomic E-state index is 12.2. The molecule has 116 valence electrons. The molecular weight excluding hydrogens is 320 g/mol.